The third-order valence-electron chi connectivity index (χ3n) is 3.16. The summed E-state index contributed by atoms with van der Waals surface area (Å²) >= 11 is 0. The molecule has 0 aromatic carbocycles. The Hall–Kier alpha value is -1.95. The standard InChI is InChI=1S/C13H19N5O/c1-10(4-7-19-3)18(2)12-8-11(16-9-17-12)13-14-5-6-15-13/h5-6,8-10H,4,7H2,1-3H3,(H,14,15). The summed E-state index contributed by atoms with van der Waals surface area (Å²) in [6.07, 6.45) is 6.00. The number of hydrogen-bond donors (Lipinski definition) is 1. The van der Waals surface area contributed by atoms with E-state index in [-0.39, 0.29) is 0 Å². The first-order valence-electron chi connectivity index (χ1n) is 6.26. The van der Waals surface area contributed by atoms with Crippen LogP contribution in [0, 0.1) is 0 Å². The third kappa shape index (κ3) is 3.29. The van der Waals surface area contributed by atoms with Gasteiger partial charge in [-0.3, -0.25) is 0 Å². The number of ether oxygens (including phenoxy) is 1. The highest BCUT2D eigenvalue weighted by Crippen LogP contribution is 2.18. The minimum absolute atomic E-state index is 0.347. The maximum absolute atomic E-state index is 5.11. The highest BCUT2D eigenvalue weighted by Gasteiger charge is 2.12. The van der Waals surface area contributed by atoms with Gasteiger partial charge in [0.05, 0.1) is 0 Å². The van der Waals surface area contributed by atoms with E-state index in [0.717, 1.165) is 30.4 Å². The van der Waals surface area contributed by atoms with Crippen molar-refractivity contribution < 1.29 is 4.74 Å². The second kappa shape index (κ2) is 6.29. The molecule has 2 aromatic heterocycles. The zero-order valence-electron chi connectivity index (χ0n) is 11.5. The first kappa shape index (κ1) is 13.5. The number of methoxy groups -OCH3 is 1. The monoisotopic (exact) mass is 261 g/mol. The van der Waals surface area contributed by atoms with E-state index in [1.807, 2.05) is 13.1 Å². The minimum atomic E-state index is 0.347. The van der Waals surface area contributed by atoms with Gasteiger partial charge in [0.1, 0.15) is 17.8 Å². The zero-order valence-corrected chi connectivity index (χ0v) is 11.5. The molecule has 2 heterocycles. The van der Waals surface area contributed by atoms with E-state index in [1.165, 1.54) is 0 Å². The van der Waals surface area contributed by atoms with Gasteiger partial charge in [0.15, 0.2) is 5.82 Å². The first-order valence-corrected chi connectivity index (χ1v) is 6.26. The molecule has 6 nitrogen and oxygen atoms in total. The summed E-state index contributed by atoms with van der Waals surface area (Å²) in [5.74, 6) is 1.63. The molecule has 0 aliphatic rings. The zero-order chi connectivity index (χ0) is 13.7. The summed E-state index contributed by atoms with van der Waals surface area (Å²) in [4.78, 5) is 17.9. The van der Waals surface area contributed by atoms with Gasteiger partial charge < -0.3 is 14.6 Å². The maximum Gasteiger partial charge on any atom is 0.156 e. The number of aromatic nitrogens is 4. The summed E-state index contributed by atoms with van der Waals surface area (Å²) in [5, 5.41) is 0. The Balaban J connectivity index is 2.14. The van der Waals surface area contributed by atoms with E-state index >= 15 is 0 Å². The van der Waals surface area contributed by atoms with Crippen molar-refractivity contribution in [1.29, 1.82) is 0 Å². The number of nitrogens with one attached hydrogen (secondary N) is 1. The summed E-state index contributed by atoms with van der Waals surface area (Å²) < 4.78 is 5.11. The van der Waals surface area contributed by atoms with Gasteiger partial charge >= 0.3 is 0 Å². The van der Waals surface area contributed by atoms with E-state index in [1.54, 1.807) is 25.8 Å². The number of nitrogens with zero attached hydrogens (tertiary/aromatic N) is 4. The molecule has 6 heteroatoms. The topological polar surface area (TPSA) is 66.9 Å². The van der Waals surface area contributed by atoms with Crippen LogP contribution in [0.25, 0.3) is 11.5 Å². The number of anilines is 1. The van der Waals surface area contributed by atoms with Gasteiger partial charge in [-0.15, -0.1) is 0 Å². The van der Waals surface area contributed by atoms with Crippen LogP contribution in [0.2, 0.25) is 0 Å². The van der Waals surface area contributed by atoms with Crippen LogP contribution in [-0.4, -0.2) is 46.7 Å². The fraction of sp³-hybridized carbons (Fsp3) is 0.462. The largest absolute Gasteiger partial charge is 0.385 e. The molecule has 0 spiro atoms. The Labute approximate surface area is 112 Å². The number of aromatic amines is 1. The Kier molecular flexibility index (Phi) is 4.46. The van der Waals surface area contributed by atoms with Crippen molar-refractivity contribution in [2.45, 2.75) is 19.4 Å². The summed E-state index contributed by atoms with van der Waals surface area (Å²) in [6.45, 7) is 2.88. The molecule has 0 saturated carbocycles. The lowest BCUT2D eigenvalue weighted by Crippen LogP contribution is -2.30. The molecule has 0 amide bonds. The van der Waals surface area contributed by atoms with Gasteiger partial charge in [-0.05, 0) is 13.3 Å². The van der Waals surface area contributed by atoms with Crippen molar-refractivity contribution in [3.8, 4) is 11.5 Å². The molecule has 0 aliphatic heterocycles. The van der Waals surface area contributed by atoms with Crippen molar-refractivity contribution in [2.24, 2.45) is 0 Å². The molecule has 102 valence electrons. The van der Waals surface area contributed by atoms with Gasteiger partial charge in [0, 0.05) is 45.3 Å². The lowest BCUT2D eigenvalue weighted by molar-refractivity contribution is 0.189. The molecular formula is C13H19N5O. The Bertz CT molecular complexity index is 499. The maximum atomic E-state index is 5.11. The highest BCUT2D eigenvalue weighted by atomic mass is 16.5. The molecule has 1 atom stereocenters. The van der Waals surface area contributed by atoms with Crippen molar-refractivity contribution in [2.75, 3.05) is 25.7 Å². The van der Waals surface area contributed by atoms with Crippen molar-refractivity contribution in [1.82, 2.24) is 19.9 Å². The van der Waals surface area contributed by atoms with E-state index in [4.69, 9.17) is 4.74 Å². The van der Waals surface area contributed by atoms with Gasteiger partial charge in [-0.25, -0.2) is 15.0 Å². The third-order valence-corrected chi connectivity index (χ3v) is 3.16. The van der Waals surface area contributed by atoms with Gasteiger partial charge in [-0.2, -0.15) is 0 Å². The summed E-state index contributed by atoms with van der Waals surface area (Å²) in [6, 6.07) is 2.28. The van der Waals surface area contributed by atoms with Gasteiger partial charge in [0.2, 0.25) is 0 Å². The van der Waals surface area contributed by atoms with E-state index in [0.29, 0.717) is 6.04 Å². The van der Waals surface area contributed by atoms with Crippen LogP contribution in [0.4, 0.5) is 5.82 Å². The predicted molar refractivity (Wildman–Crippen MR) is 74.0 cm³/mol. The summed E-state index contributed by atoms with van der Waals surface area (Å²) in [7, 11) is 3.74. The van der Waals surface area contributed by atoms with Crippen LogP contribution >= 0.6 is 0 Å². The van der Waals surface area contributed by atoms with Crippen LogP contribution in [0.5, 0.6) is 0 Å². The molecule has 1 N–H and O–H groups in total. The van der Waals surface area contributed by atoms with Crippen LogP contribution in [0.15, 0.2) is 24.8 Å². The normalized spacial score (nSPS) is 12.4. The molecule has 0 bridgehead atoms. The molecule has 0 radical (unpaired) electrons. The van der Waals surface area contributed by atoms with Gasteiger partial charge in [0.25, 0.3) is 0 Å². The fourth-order valence-corrected chi connectivity index (χ4v) is 1.78. The average Bonchev–Trinajstić information content (AvgIpc) is 2.98. The number of rotatable bonds is 6. The minimum Gasteiger partial charge on any atom is -0.385 e. The van der Waals surface area contributed by atoms with Crippen LogP contribution in [0.1, 0.15) is 13.3 Å². The second-order valence-electron chi connectivity index (χ2n) is 4.44. The molecule has 2 rings (SSSR count). The smallest absolute Gasteiger partial charge is 0.156 e. The molecule has 0 aliphatic carbocycles. The SMILES string of the molecule is COCCC(C)N(C)c1cc(-c2ncc[nH]2)ncn1. The molecule has 2 aromatic rings. The Morgan fingerprint density at radius 3 is 2.89 bits per heavy atom. The van der Waals surface area contributed by atoms with Crippen LogP contribution in [0.3, 0.4) is 0 Å². The number of hydrogen-bond acceptors (Lipinski definition) is 5. The second-order valence-corrected chi connectivity index (χ2v) is 4.44. The number of imidazole rings is 1. The van der Waals surface area contributed by atoms with E-state index < -0.39 is 0 Å². The summed E-state index contributed by atoms with van der Waals surface area (Å²) in [5.41, 5.74) is 0.792. The predicted octanol–water partition coefficient (Wildman–Crippen LogP) is 1.73. The van der Waals surface area contributed by atoms with Gasteiger partial charge in [-0.1, -0.05) is 0 Å². The van der Waals surface area contributed by atoms with E-state index in [9.17, 15) is 0 Å². The van der Waals surface area contributed by atoms with Crippen LogP contribution < -0.4 is 4.90 Å². The fourth-order valence-electron chi connectivity index (χ4n) is 1.78. The highest BCUT2D eigenvalue weighted by molar-refractivity contribution is 5.55. The van der Waals surface area contributed by atoms with Crippen molar-refractivity contribution in [3.05, 3.63) is 24.8 Å². The number of H-pyrrole nitrogens is 1. The van der Waals surface area contributed by atoms with Crippen molar-refractivity contribution in [3.63, 3.8) is 0 Å². The van der Waals surface area contributed by atoms with E-state index in [2.05, 4.69) is 31.8 Å². The molecule has 1 unspecified atom stereocenters. The van der Waals surface area contributed by atoms with Crippen molar-refractivity contribution >= 4 is 5.82 Å². The molecule has 0 fully saturated rings. The Morgan fingerprint density at radius 1 is 1.37 bits per heavy atom. The lowest BCUT2D eigenvalue weighted by atomic mass is 10.2. The quantitative estimate of drug-likeness (QED) is 0.857. The first-order chi connectivity index (χ1) is 9.22. The van der Waals surface area contributed by atoms with Crippen LogP contribution in [-0.2, 0) is 4.74 Å². The Morgan fingerprint density at radius 2 is 2.21 bits per heavy atom. The average molecular weight is 261 g/mol. The molecular weight excluding hydrogens is 242 g/mol. The molecule has 19 heavy (non-hydrogen) atoms. The molecule has 0 saturated heterocycles. The lowest BCUT2D eigenvalue weighted by Gasteiger charge is -2.25.